The van der Waals surface area contributed by atoms with Crippen molar-refractivity contribution in [2.45, 2.75) is 39.5 Å². The highest BCUT2D eigenvalue weighted by Gasteiger charge is 2.36. The van der Waals surface area contributed by atoms with Crippen LogP contribution in [0.2, 0.25) is 0 Å². The number of rotatable bonds is 10. The quantitative estimate of drug-likeness (QED) is 0.438. The Kier molecular flexibility index (Phi) is 8.25. The number of hydrogen-bond donors (Lipinski definition) is 1. The van der Waals surface area contributed by atoms with Gasteiger partial charge in [-0.1, -0.05) is 31.9 Å². The maximum absolute atomic E-state index is 12.8. The van der Waals surface area contributed by atoms with Crippen LogP contribution in [0, 0.1) is 5.92 Å². The van der Waals surface area contributed by atoms with Gasteiger partial charge in [0.1, 0.15) is 5.75 Å². The predicted octanol–water partition coefficient (Wildman–Crippen LogP) is 4.42. The van der Waals surface area contributed by atoms with Crippen molar-refractivity contribution < 1.29 is 23.9 Å². The van der Waals surface area contributed by atoms with Crippen molar-refractivity contribution in [2.75, 3.05) is 30.0 Å². The topological polar surface area (TPSA) is 84.9 Å². The van der Waals surface area contributed by atoms with E-state index in [-0.39, 0.29) is 30.7 Å². The van der Waals surface area contributed by atoms with Crippen LogP contribution in [0.4, 0.5) is 11.4 Å². The van der Waals surface area contributed by atoms with Crippen LogP contribution < -0.4 is 15.0 Å². The third-order valence-corrected chi connectivity index (χ3v) is 5.32. The lowest BCUT2D eigenvalue weighted by Gasteiger charge is -2.20. The van der Waals surface area contributed by atoms with Crippen molar-refractivity contribution in [2.24, 2.45) is 5.92 Å². The largest absolute Gasteiger partial charge is 0.492 e. The number of nitrogens with one attached hydrogen (secondary N) is 1. The summed E-state index contributed by atoms with van der Waals surface area (Å²) < 4.78 is 10.9. The normalized spacial score (nSPS) is 15.5. The Morgan fingerprint density at radius 2 is 1.81 bits per heavy atom. The van der Waals surface area contributed by atoms with Crippen LogP contribution in [0.5, 0.6) is 5.75 Å². The smallest absolute Gasteiger partial charge is 0.338 e. The summed E-state index contributed by atoms with van der Waals surface area (Å²) in [5, 5.41) is 2.84. The summed E-state index contributed by atoms with van der Waals surface area (Å²) in [6.07, 6.45) is 3.07. The molecule has 0 bridgehead atoms. The van der Waals surface area contributed by atoms with Gasteiger partial charge >= 0.3 is 5.97 Å². The molecule has 1 heterocycles. The Morgan fingerprint density at radius 1 is 1.06 bits per heavy atom. The van der Waals surface area contributed by atoms with E-state index < -0.39 is 5.92 Å². The molecular weight excluding hydrogens is 408 g/mol. The van der Waals surface area contributed by atoms with Crippen LogP contribution in [0.25, 0.3) is 0 Å². The van der Waals surface area contributed by atoms with Gasteiger partial charge in [0.05, 0.1) is 30.4 Å². The second-order valence-corrected chi connectivity index (χ2v) is 7.72. The molecule has 1 fully saturated rings. The Hall–Kier alpha value is -3.35. The fourth-order valence-corrected chi connectivity index (χ4v) is 3.61. The monoisotopic (exact) mass is 438 g/mol. The molecule has 7 heteroatoms. The van der Waals surface area contributed by atoms with Gasteiger partial charge < -0.3 is 19.7 Å². The molecule has 2 amide bonds. The van der Waals surface area contributed by atoms with Crippen molar-refractivity contribution in [3.05, 3.63) is 54.1 Å². The van der Waals surface area contributed by atoms with Crippen molar-refractivity contribution in [1.82, 2.24) is 0 Å². The highest BCUT2D eigenvalue weighted by molar-refractivity contribution is 6.04. The van der Waals surface area contributed by atoms with E-state index in [1.165, 1.54) is 0 Å². The molecule has 1 atom stereocenters. The van der Waals surface area contributed by atoms with E-state index >= 15 is 0 Å². The van der Waals surface area contributed by atoms with E-state index in [1.807, 2.05) is 31.2 Å². The number of ether oxygens (including phenoxy) is 2. The van der Waals surface area contributed by atoms with Crippen LogP contribution in [0.1, 0.15) is 49.9 Å². The number of unbranched alkanes of at least 4 members (excludes halogenated alkanes) is 2. The molecule has 3 rings (SSSR count). The van der Waals surface area contributed by atoms with E-state index in [0.717, 1.165) is 19.3 Å². The first kappa shape index (κ1) is 23.3. The molecule has 1 aliphatic heterocycles. The number of nitrogens with zero attached hydrogens (tertiary/aromatic N) is 1. The van der Waals surface area contributed by atoms with Crippen LogP contribution >= 0.6 is 0 Å². The minimum Gasteiger partial charge on any atom is -0.492 e. The van der Waals surface area contributed by atoms with Gasteiger partial charge in [-0.2, -0.15) is 0 Å². The van der Waals surface area contributed by atoms with E-state index in [9.17, 15) is 14.4 Å². The number of carbonyl (C=O) groups excluding carboxylic acids is 3. The van der Waals surface area contributed by atoms with E-state index in [2.05, 4.69) is 12.2 Å². The van der Waals surface area contributed by atoms with Gasteiger partial charge in [0.2, 0.25) is 11.8 Å². The number of para-hydroxylation sites is 2. The van der Waals surface area contributed by atoms with Gasteiger partial charge in [0, 0.05) is 18.7 Å². The molecular formula is C25H30N2O5. The van der Waals surface area contributed by atoms with Crippen LogP contribution in [0.15, 0.2) is 48.5 Å². The summed E-state index contributed by atoms with van der Waals surface area (Å²) in [5.74, 6) is -0.561. The van der Waals surface area contributed by atoms with Gasteiger partial charge in [-0.05, 0) is 49.7 Å². The number of anilines is 2. The Balaban J connectivity index is 1.57. The molecule has 0 aromatic heterocycles. The van der Waals surface area contributed by atoms with Gasteiger partial charge in [0.15, 0.2) is 0 Å². The molecule has 0 aliphatic carbocycles. The molecule has 0 radical (unpaired) electrons. The summed E-state index contributed by atoms with van der Waals surface area (Å²) in [6, 6.07) is 13.9. The summed E-state index contributed by atoms with van der Waals surface area (Å²) in [7, 11) is 0. The minimum atomic E-state index is -0.472. The zero-order valence-corrected chi connectivity index (χ0v) is 18.6. The van der Waals surface area contributed by atoms with Crippen molar-refractivity contribution in [3.63, 3.8) is 0 Å². The molecule has 0 spiro atoms. The number of benzene rings is 2. The third kappa shape index (κ3) is 5.87. The van der Waals surface area contributed by atoms with Gasteiger partial charge in [-0.15, -0.1) is 0 Å². The fourth-order valence-electron chi connectivity index (χ4n) is 3.61. The van der Waals surface area contributed by atoms with Gasteiger partial charge in [-0.3, -0.25) is 9.59 Å². The third-order valence-electron chi connectivity index (χ3n) is 5.32. The summed E-state index contributed by atoms with van der Waals surface area (Å²) in [4.78, 5) is 39.0. The second-order valence-electron chi connectivity index (χ2n) is 7.72. The van der Waals surface area contributed by atoms with Crippen LogP contribution in [0.3, 0.4) is 0 Å². The molecule has 2 aromatic carbocycles. The second kappa shape index (κ2) is 11.3. The van der Waals surface area contributed by atoms with Gasteiger partial charge in [-0.25, -0.2) is 4.79 Å². The summed E-state index contributed by atoms with van der Waals surface area (Å²) in [5.41, 5.74) is 1.68. The predicted molar refractivity (Wildman–Crippen MR) is 123 cm³/mol. The lowest BCUT2D eigenvalue weighted by atomic mass is 10.1. The highest BCUT2D eigenvalue weighted by Crippen LogP contribution is 2.33. The standard InChI is InChI=1S/C25H30N2O5/c1-3-5-8-15-32-25(30)18-11-13-20(14-12-18)26-24(29)19-16-23(28)27(17-19)21-9-6-7-10-22(21)31-4-2/h6-7,9-14,19H,3-5,8,15-17H2,1-2H3,(H,26,29)/t19-/m1/s1. The fraction of sp³-hybridized carbons (Fsp3) is 0.400. The average Bonchev–Trinajstić information content (AvgIpc) is 3.19. The maximum Gasteiger partial charge on any atom is 0.338 e. The summed E-state index contributed by atoms with van der Waals surface area (Å²) in [6.45, 7) is 5.16. The Labute approximate surface area is 188 Å². The molecule has 7 nitrogen and oxygen atoms in total. The van der Waals surface area contributed by atoms with E-state index in [0.29, 0.717) is 35.9 Å². The number of esters is 1. The Bertz CT molecular complexity index is 942. The Morgan fingerprint density at radius 3 is 2.53 bits per heavy atom. The molecule has 0 unspecified atom stereocenters. The minimum absolute atomic E-state index is 0.113. The first-order chi connectivity index (χ1) is 15.5. The van der Waals surface area contributed by atoms with Crippen molar-refractivity contribution in [3.8, 4) is 5.75 Å². The lowest BCUT2D eigenvalue weighted by Crippen LogP contribution is -2.28. The zero-order chi connectivity index (χ0) is 22.9. The highest BCUT2D eigenvalue weighted by atomic mass is 16.5. The molecule has 2 aromatic rings. The first-order valence-electron chi connectivity index (χ1n) is 11.1. The van der Waals surface area contributed by atoms with Crippen LogP contribution in [-0.4, -0.2) is 37.5 Å². The number of hydrogen-bond acceptors (Lipinski definition) is 5. The number of amides is 2. The molecule has 1 N–H and O–H groups in total. The van der Waals surface area contributed by atoms with Crippen molar-refractivity contribution >= 4 is 29.2 Å². The lowest BCUT2D eigenvalue weighted by molar-refractivity contribution is -0.122. The molecule has 1 saturated heterocycles. The molecule has 32 heavy (non-hydrogen) atoms. The van der Waals surface area contributed by atoms with E-state index in [1.54, 1.807) is 29.2 Å². The average molecular weight is 439 g/mol. The first-order valence-corrected chi connectivity index (χ1v) is 11.1. The maximum atomic E-state index is 12.8. The molecule has 0 saturated carbocycles. The number of carbonyl (C=O) groups is 3. The van der Waals surface area contributed by atoms with E-state index in [4.69, 9.17) is 9.47 Å². The van der Waals surface area contributed by atoms with Crippen LogP contribution in [-0.2, 0) is 14.3 Å². The molecule has 1 aliphatic rings. The summed E-state index contributed by atoms with van der Waals surface area (Å²) >= 11 is 0. The van der Waals surface area contributed by atoms with Gasteiger partial charge in [0.25, 0.3) is 0 Å². The molecule has 170 valence electrons. The zero-order valence-electron chi connectivity index (χ0n) is 18.6. The van der Waals surface area contributed by atoms with Crippen molar-refractivity contribution in [1.29, 1.82) is 0 Å². The SMILES string of the molecule is CCCCCOC(=O)c1ccc(NC(=O)[C@@H]2CC(=O)N(c3ccccc3OCC)C2)cc1.